The van der Waals surface area contributed by atoms with E-state index in [0.717, 1.165) is 63.5 Å². The van der Waals surface area contributed by atoms with Crippen molar-refractivity contribution in [2.45, 2.75) is 77.0 Å². The molecule has 0 N–H and O–H groups in total. The first-order valence-corrected chi connectivity index (χ1v) is 13.3. The average Bonchev–Trinajstić information content (AvgIpc) is 3.12. The number of ketones is 2. The lowest BCUT2D eigenvalue weighted by Gasteiger charge is -2.50. The Morgan fingerprint density at radius 2 is 1.82 bits per heavy atom. The van der Waals surface area contributed by atoms with Crippen LogP contribution >= 0.6 is 11.6 Å². The van der Waals surface area contributed by atoms with Gasteiger partial charge in [-0.15, -0.1) is 11.6 Å². The Hall–Kier alpha value is -1.87. The summed E-state index contributed by atoms with van der Waals surface area (Å²) in [5.74, 6) is 3.53. The Bertz CT molecular complexity index is 989. The van der Waals surface area contributed by atoms with E-state index < -0.39 is 0 Å². The molecule has 4 atom stereocenters. The molecule has 0 amide bonds. The number of benzene rings is 1. The summed E-state index contributed by atoms with van der Waals surface area (Å²) in [6.07, 6.45) is 11.3. The maximum absolute atomic E-state index is 13.1. The number of allylic oxidation sites excluding steroid dienone is 4. The molecule has 4 aliphatic rings. The predicted molar refractivity (Wildman–Crippen MR) is 132 cm³/mol. The Kier molecular flexibility index (Phi) is 6.53. The van der Waals surface area contributed by atoms with Crippen molar-refractivity contribution in [3.8, 4) is 5.75 Å². The maximum Gasteiger partial charge on any atom is 0.156 e. The van der Waals surface area contributed by atoms with Crippen molar-refractivity contribution in [1.82, 2.24) is 0 Å². The van der Waals surface area contributed by atoms with Gasteiger partial charge in [-0.3, -0.25) is 9.59 Å². The summed E-state index contributed by atoms with van der Waals surface area (Å²) in [5.41, 5.74) is 5.33. The van der Waals surface area contributed by atoms with Gasteiger partial charge in [0.05, 0.1) is 6.61 Å². The van der Waals surface area contributed by atoms with Gasteiger partial charge in [-0.2, -0.15) is 0 Å². The monoisotopic (exact) mass is 466 g/mol. The number of hydrogen-bond acceptors (Lipinski definition) is 3. The number of carbonyl (C=O) groups is 2. The van der Waals surface area contributed by atoms with Crippen molar-refractivity contribution in [2.24, 2.45) is 17.3 Å². The summed E-state index contributed by atoms with van der Waals surface area (Å²) in [4.78, 5) is 25.2. The van der Waals surface area contributed by atoms with Crippen LogP contribution in [0.5, 0.6) is 5.75 Å². The minimum Gasteiger partial charge on any atom is -0.494 e. The third-order valence-corrected chi connectivity index (χ3v) is 9.04. The van der Waals surface area contributed by atoms with Crippen molar-refractivity contribution < 1.29 is 14.3 Å². The molecule has 0 spiro atoms. The molecule has 5 rings (SSSR count). The van der Waals surface area contributed by atoms with Crippen LogP contribution in [0.25, 0.3) is 0 Å². The van der Waals surface area contributed by atoms with Crippen molar-refractivity contribution in [3.63, 3.8) is 0 Å². The molecule has 4 heteroatoms. The van der Waals surface area contributed by atoms with Gasteiger partial charge >= 0.3 is 0 Å². The lowest BCUT2D eigenvalue weighted by molar-refractivity contribution is -0.128. The van der Waals surface area contributed by atoms with E-state index in [9.17, 15) is 9.59 Å². The molecule has 0 aliphatic heterocycles. The van der Waals surface area contributed by atoms with Crippen LogP contribution in [0.3, 0.4) is 0 Å². The van der Waals surface area contributed by atoms with E-state index in [4.69, 9.17) is 16.3 Å². The zero-order valence-corrected chi connectivity index (χ0v) is 20.5. The number of fused-ring (bicyclic) bond motifs is 4. The molecule has 176 valence electrons. The zero-order valence-electron chi connectivity index (χ0n) is 19.7. The van der Waals surface area contributed by atoms with E-state index in [1.54, 1.807) is 5.57 Å². The fraction of sp³-hybridized carbons (Fsp3) is 0.586. The number of halogens is 1. The van der Waals surface area contributed by atoms with Crippen LogP contribution in [-0.4, -0.2) is 24.1 Å². The van der Waals surface area contributed by atoms with Gasteiger partial charge in [-0.25, -0.2) is 0 Å². The van der Waals surface area contributed by atoms with Crippen molar-refractivity contribution in [2.75, 3.05) is 12.5 Å². The normalized spacial score (nSPS) is 31.1. The first-order chi connectivity index (χ1) is 16.0. The molecule has 0 bridgehead atoms. The molecule has 0 unspecified atom stereocenters. The molecule has 0 heterocycles. The summed E-state index contributed by atoms with van der Waals surface area (Å²) in [6.45, 7) is 2.95. The number of ether oxygens (including phenoxy) is 1. The van der Waals surface area contributed by atoms with Gasteiger partial charge in [-0.1, -0.05) is 24.6 Å². The molecular weight excluding hydrogens is 432 g/mol. The molecule has 0 saturated heterocycles. The average molecular weight is 467 g/mol. The van der Waals surface area contributed by atoms with Crippen LogP contribution in [0.1, 0.15) is 82.6 Å². The van der Waals surface area contributed by atoms with Crippen molar-refractivity contribution >= 4 is 23.2 Å². The van der Waals surface area contributed by atoms with E-state index in [-0.39, 0.29) is 17.1 Å². The lowest BCUT2D eigenvalue weighted by atomic mass is 9.53. The van der Waals surface area contributed by atoms with Crippen molar-refractivity contribution in [1.29, 1.82) is 0 Å². The van der Waals surface area contributed by atoms with Gasteiger partial charge in [0, 0.05) is 30.1 Å². The second-order valence-corrected chi connectivity index (χ2v) is 11.0. The predicted octanol–water partition coefficient (Wildman–Crippen LogP) is 6.94. The largest absolute Gasteiger partial charge is 0.494 e. The fourth-order valence-corrected chi connectivity index (χ4v) is 7.28. The van der Waals surface area contributed by atoms with Gasteiger partial charge in [0.15, 0.2) is 5.78 Å². The van der Waals surface area contributed by atoms with Crippen LogP contribution < -0.4 is 4.74 Å². The Balaban J connectivity index is 1.45. The molecule has 1 aromatic carbocycles. The van der Waals surface area contributed by atoms with E-state index in [1.807, 2.05) is 6.08 Å². The SMILES string of the molecule is C[C@]12C[C@H](c3ccc(OCCCCCCl)cc3)C3=C4CCC(=O)C=C4CC[C@H]3[C@@H]1CCC2=O. The van der Waals surface area contributed by atoms with Crippen LogP contribution in [0.4, 0.5) is 0 Å². The van der Waals surface area contributed by atoms with Crippen LogP contribution in [0.15, 0.2) is 47.1 Å². The zero-order chi connectivity index (χ0) is 23.0. The number of Topliss-reactive ketones (excluding diaryl/α,β-unsaturated/α-hetero) is 1. The lowest BCUT2D eigenvalue weighted by Crippen LogP contribution is -2.43. The minimum atomic E-state index is -0.220. The molecule has 0 aromatic heterocycles. The van der Waals surface area contributed by atoms with Crippen LogP contribution in [-0.2, 0) is 9.59 Å². The highest BCUT2D eigenvalue weighted by Gasteiger charge is 2.56. The molecule has 0 radical (unpaired) electrons. The topological polar surface area (TPSA) is 43.4 Å². The quantitative estimate of drug-likeness (QED) is 0.322. The smallest absolute Gasteiger partial charge is 0.156 e. The van der Waals surface area contributed by atoms with Crippen LogP contribution in [0, 0.1) is 17.3 Å². The van der Waals surface area contributed by atoms with E-state index in [0.29, 0.717) is 36.5 Å². The van der Waals surface area contributed by atoms with Crippen molar-refractivity contribution in [3.05, 3.63) is 52.6 Å². The molecule has 2 saturated carbocycles. The van der Waals surface area contributed by atoms with Gasteiger partial charge in [0.2, 0.25) is 0 Å². The summed E-state index contributed by atoms with van der Waals surface area (Å²) >= 11 is 5.75. The fourth-order valence-electron chi connectivity index (χ4n) is 7.09. The molecule has 33 heavy (non-hydrogen) atoms. The van der Waals surface area contributed by atoms with Gasteiger partial charge in [-0.05, 0) is 98.1 Å². The number of unbranched alkanes of at least 4 members (excludes halogenated alkanes) is 2. The van der Waals surface area contributed by atoms with Gasteiger partial charge in [0.1, 0.15) is 11.5 Å². The number of alkyl halides is 1. The Morgan fingerprint density at radius 1 is 1.00 bits per heavy atom. The maximum atomic E-state index is 13.1. The van der Waals surface area contributed by atoms with Crippen LogP contribution in [0.2, 0.25) is 0 Å². The highest BCUT2D eigenvalue weighted by Crippen LogP contribution is 2.62. The third-order valence-electron chi connectivity index (χ3n) is 8.77. The number of hydrogen-bond donors (Lipinski definition) is 0. The van der Waals surface area contributed by atoms with Gasteiger partial charge in [0.25, 0.3) is 0 Å². The first kappa shape index (κ1) is 22.9. The standard InChI is InChI=1S/C29H35ClO3/c1-29-18-25(19-5-9-22(10-6-19)33-16-4-2-3-15-30)28-23-12-8-21(31)17-20(23)7-11-24(28)26(29)13-14-27(29)32/h5-6,9-10,17,24-26H,2-4,7-8,11-16,18H2,1H3/t24-,25+,26-,29-/m0/s1. The molecule has 1 aromatic rings. The Labute approximate surface area is 202 Å². The minimum absolute atomic E-state index is 0.220. The Morgan fingerprint density at radius 3 is 2.61 bits per heavy atom. The van der Waals surface area contributed by atoms with E-state index >= 15 is 0 Å². The van der Waals surface area contributed by atoms with Gasteiger partial charge < -0.3 is 4.74 Å². The highest BCUT2D eigenvalue weighted by molar-refractivity contribution is 6.17. The molecule has 3 nitrogen and oxygen atoms in total. The highest BCUT2D eigenvalue weighted by atomic mass is 35.5. The second-order valence-electron chi connectivity index (χ2n) is 10.6. The third kappa shape index (κ3) is 4.22. The number of carbonyl (C=O) groups excluding carboxylic acids is 2. The molecule has 2 fully saturated rings. The number of rotatable bonds is 7. The molecule has 4 aliphatic carbocycles. The first-order valence-electron chi connectivity index (χ1n) is 12.8. The second kappa shape index (κ2) is 9.41. The summed E-state index contributed by atoms with van der Waals surface area (Å²) < 4.78 is 5.95. The van der Waals surface area contributed by atoms with E-state index in [2.05, 4.69) is 31.2 Å². The van der Waals surface area contributed by atoms with E-state index in [1.165, 1.54) is 16.7 Å². The summed E-state index contributed by atoms with van der Waals surface area (Å²) in [7, 11) is 0. The summed E-state index contributed by atoms with van der Waals surface area (Å²) in [5, 5.41) is 0. The summed E-state index contributed by atoms with van der Waals surface area (Å²) in [6, 6.07) is 8.59. The molecular formula is C29H35ClO3.